The van der Waals surface area contributed by atoms with Gasteiger partial charge in [-0.15, -0.1) is 0 Å². The number of carbonyl (C=O) groups is 1. The molecule has 1 fully saturated rings. The minimum atomic E-state index is -0.264. The van der Waals surface area contributed by atoms with Gasteiger partial charge in [0, 0.05) is 11.3 Å². The van der Waals surface area contributed by atoms with Crippen LogP contribution in [-0.4, -0.2) is 33.8 Å². The van der Waals surface area contributed by atoms with Gasteiger partial charge in [0.25, 0.3) is 5.91 Å². The third kappa shape index (κ3) is 5.59. The van der Waals surface area contributed by atoms with E-state index in [9.17, 15) is 4.79 Å². The molecule has 0 atom stereocenters. The fraction of sp³-hybridized carbons (Fsp3) is 0.458. The van der Waals surface area contributed by atoms with Crippen LogP contribution in [0.5, 0.6) is 23.0 Å². The van der Waals surface area contributed by atoms with Crippen LogP contribution in [0.3, 0.4) is 0 Å². The average Bonchev–Trinajstić information content (AvgIpc) is 2.79. The maximum absolute atomic E-state index is 12.7. The fourth-order valence-electron chi connectivity index (χ4n) is 3.87. The van der Waals surface area contributed by atoms with E-state index in [-0.39, 0.29) is 5.91 Å². The highest BCUT2D eigenvalue weighted by Gasteiger charge is 2.17. The summed E-state index contributed by atoms with van der Waals surface area (Å²) >= 11 is 0. The van der Waals surface area contributed by atoms with E-state index in [1.807, 2.05) is 24.3 Å². The number of nitrogens with one attached hydrogen (secondary N) is 1. The first kappa shape index (κ1) is 21.8. The summed E-state index contributed by atoms with van der Waals surface area (Å²) in [5, 5.41) is 2.89. The van der Waals surface area contributed by atoms with Gasteiger partial charge in [-0.3, -0.25) is 4.79 Å². The first-order valence-electron chi connectivity index (χ1n) is 10.5. The predicted molar refractivity (Wildman–Crippen MR) is 117 cm³/mol. The zero-order valence-corrected chi connectivity index (χ0v) is 18.0. The lowest BCUT2D eigenvalue weighted by atomic mass is 9.87. The summed E-state index contributed by atoms with van der Waals surface area (Å²) in [6.45, 7) is 0.738. The van der Waals surface area contributed by atoms with Crippen molar-refractivity contribution in [1.29, 1.82) is 0 Å². The minimum Gasteiger partial charge on any atom is -0.494 e. The summed E-state index contributed by atoms with van der Waals surface area (Å²) in [6, 6.07) is 10.7. The van der Waals surface area contributed by atoms with Gasteiger partial charge in [-0.05, 0) is 48.7 Å². The molecule has 0 saturated heterocycles. The summed E-state index contributed by atoms with van der Waals surface area (Å²) in [7, 11) is 4.57. The summed E-state index contributed by atoms with van der Waals surface area (Å²) in [4.78, 5) is 12.7. The van der Waals surface area contributed by atoms with Crippen LogP contribution in [0, 0.1) is 5.92 Å². The van der Waals surface area contributed by atoms with Crippen molar-refractivity contribution >= 4 is 11.6 Å². The number of methoxy groups -OCH3 is 3. The SMILES string of the molecule is COc1cc(C(=O)Nc2ccc(OCCC3CCCCC3)cc2)cc(OC)c1OC. The maximum atomic E-state index is 12.7. The zero-order valence-electron chi connectivity index (χ0n) is 18.0. The number of hydrogen-bond donors (Lipinski definition) is 1. The lowest BCUT2D eigenvalue weighted by Gasteiger charge is -2.21. The number of anilines is 1. The van der Waals surface area contributed by atoms with E-state index >= 15 is 0 Å². The van der Waals surface area contributed by atoms with Gasteiger partial charge in [0.2, 0.25) is 5.75 Å². The summed E-state index contributed by atoms with van der Waals surface area (Å²) < 4.78 is 21.8. The Morgan fingerprint density at radius 2 is 1.57 bits per heavy atom. The van der Waals surface area contributed by atoms with Gasteiger partial charge in [0.15, 0.2) is 11.5 Å². The van der Waals surface area contributed by atoms with Crippen molar-refractivity contribution < 1.29 is 23.7 Å². The van der Waals surface area contributed by atoms with Crippen LogP contribution in [0.25, 0.3) is 0 Å². The molecule has 0 spiro atoms. The number of benzene rings is 2. The molecule has 6 nitrogen and oxygen atoms in total. The van der Waals surface area contributed by atoms with Crippen LogP contribution in [0.15, 0.2) is 36.4 Å². The second-order valence-corrected chi connectivity index (χ2v) is 7.53. The zero-order chi connectivity index (χ0) is 21.3. The molecule has 0 unspecified atom stereocenters. The monoisotopic (exact) mass is 413 g/mol. The van der Waals surface area contributed by atoms with Crippen molar-refractivity contribution in [3.05, 3.63) is 42.0 Å². The Morgan fingerprint density at radius 1 is 0.933 bits per heavy atom. The fourth-order valence-corrected chi connectivity index (χ4v) is 3.87. The molecule has 1 aliphatic rings. The van der Waals surface area contributed by atoms with Crippen LogP contribution < -0.4 is 24.3 Å². The molecule has 0 aliphatic heterocycles. The topological polar surface area (TPSA) is 66.0 Å². The molecular formula is C24H31NO5. The normalized spacial score (nSPS) is 14.1. The smallest absolute Gasteiger partial charge is 0.255 e. The molecule has 1 saturated carbocycles. The first-order chi connectivity index (χ1) is 14.6. The van der Waals surface area contributed by atoms with Crippen LogP contribution >= 0.6 is 0 Å². The average molecular weight is 414 g/mol. The van der Waals surface area contributed by atoms with Crippen LogP contribution in [0.2, 0.25) is 0 Å². The molecule has 1 aliphatic carbocycles. The number of hydrogen-bond acceptors (Lipinski definition) is 5. The molecule has 3 rings (SSSR count). The quantitative estimate of drug-likeness (QED) is 0.603. The van der Waals surface area contributed by atoms with E-state index < -0.39 is 0 Å². The molecule has 30 heavy (non-hydrogen) atoms. The third-order valence-corrected chi connectivity index (χ3v) is 5.56. The van der Waals surface area contributed by atoms with Gasteiger partial charge in [-0.2, -0.15) is 0 Å². The van der Waals surface area contributed by atoms with Gasteiger partial charge < -0.3 is 24.3 Å². The lowest BCUT2D eigenvalue weighted by Crippen LogP contribution is -2.13. The Kier molecular flexibility index (Phi) is 7.82. The van der Waals surface area contributed by atoms with E-state index in [0.717, 1.165) is 24.7 Å². The Morgan fingerprint density at radius 3 is 2.13 bits per heavy atom. The maximum Gasteiger partial charge on any atom is 0.255 e. The van der Waals surface area contributed by atoms with E-state index in [4.69, 9.17) is 18.9 Å². The summed E-state index contributed by atoms with van der Waals surface area (Å²) in [6.07, 6.45) is 7.85. The molecule has 0 heterocycles. The van der Waals surface area contributed by atoms with Gasteiger partial charge in [0.05, 0.1) is 27.9 Å². The highest BCUT2D eigenvalue weighted by Crippen LogP contribution is 2.38. The second kappa shape index (κ2) is 10.8. The summed E-state index contributed by atoms with van der Waals surface area (Å²) in [5.74, 6) is 2.67. The second-order valence-electron chi connectivity index (χ2n) is 7.53. The molecule has 0 aromatic heterocycles. The molecule has 1 N–H and O–H groups in total. The Labute approximate surface area is 178 Å². The molecule has 2 aromatic rings. The van der Waals surface area contributed by atoms with Gasteiger partial charge in [0.1, 0.15) is 5.75 Å². The predicted octanol–water partition coefficient (Wildman–Crippen LogP) is 5.31. The van der Waals surface area contributed by atoms with Gasteiger partial charge >= 0.3 is 0 Å². The van der Waals surface area contributed by atoms with Crippen LogP contribution in [0.1, 0.15) is 48.9 Å². The van der Waals surface area contributed by atoms with Crippen molar-refractivity contribution in [3.63, 3.8) is 0 Å². The number of ether oxygens (including phenoxy) is 4. The van der Waals surface area contributed by atoms with Crippen LogP contribution in [-0.2, 0) is 0 Å². The minimum absolute atomic E-state index is 0.264. The highest BCUT2D eigenvalue weighted by molar-refractivity contribution is 6.05. The molecular weight excluding hydrogens is 382 g/mol. The molecule has 162 valence electrons. The van der Waals surface area contributed by atoms with Crippen molar-refractivity contribution in [2.24, 2.45) is 5.92 Å². The third-order valence-electron chi connectivity index (χ3n) is 5.56. The summed E-state index contributed by atoms with van der Waals surface area (Å²) in [5.41, 5.74) is 1.10. The van der Waals surface area contributed by atoms with Crippen molar-refractivity contribution in [2.75, 3.05) is 33.3 Å². The lowest BCUT2D eigenvalue weighted by molar-refractivity contribution is 0.102. The number of carbonyl (C=O) groups excluding carboxylic acids is 1. The molecule has 0 bridgehead atoms. The molecule has 0 radical (unpaired) electrons. The Hall–Kier alpha value is -2.89. The number of amides is 1. The molecule has 1 amide bonds. The van der Waals surface area contributed by atoms with E-state index in [1.165, 1.54) is 53.4 Å². The largest absolute Gasteiger partial charge is 0.494 e. The Bertz CT molecular complexity index is 803. The highest BCUT2D eigenvalue weighted by atomic mass is 16.5. The first-order valence-corrected chi connectivity index (χ1v) is 10.5. The van der Waals surface area contributed by atoms with Crippen molar-refractivity contribution in [3.8, 4) is 23.0 Å². The van der Waals surface area contributed by atoms with Crippen molar-refractivity contribution in [2.45, 2.75) is 38.5 Å². The van der Waals surface area contributed by atoms with E-state index in [1.54, 1.807) is 12.1 Å². The number of rotatable bonds is 9. The van der Waals surface area contributed by atoms with Gasteiger partial charge in [-0.25, -0.2) is 0 Å². The van der Waals surface area contributed by atoms with E-state index in [0.29, 0.717) is 28.5 Å². The standard InChI is InChI=1S/C24H31NO5/c1-27-21-15-18(16-22(28-2)23(21)29-3)24(26)25-19-9-11-20(12-10-19)30-14-13-17-7-5-4-6-8-17/h9-12,15-17H,4-8,13-14H2,1-3H3,(H,25,26). The molecule has 6 heteroatoms. The molecule has 2 aromatic carbocycles. The van der Waals surface area contributed by atoms with Gasteiger partial charge in [-0.1, -0.05) is 32.1 Å². The van der Waals surface area contributed by atoms with Crippen LogP contribution in [0.4, 0.5) is 5.69 Å². The van der Waals surface area contributed by atoms with E-state index in [2.05, 4.69) is 5.32 Å². The van der Waals surface area contributed by atoms with Crippen molar-refractivity contribution in [1.82, 2.24) is 0 Å². The Balaban J connectivity index is 1.57.